The van der Waals surface area contributed by atoms with Gasteiger partial charge in [0.25, 0.3) is 0 Å². The molecule has 0 unspecified atom stereocenters. The van der Waals surface area contributed by atoms with Crippen LogP contribution in [-0.2, 0) is 14.6 Å². The van der Waals surface area contributed by atoms with Gasteiger partial charge in [-0.25, -0.2) is 8.42 Å². The lowest BCUT2D eigenvalue weighted by Gasteiger charge is -2.12. The summed E-state index contributed by atoms with van der Waals surface area (Å²) in [7, 11) is -3.50. The van der Waals surface area contributed by atoms with Crippen LogP contribution < -0.4 is 5.32 Å². The minimum atomic E-state index is -3.50. The Bertz CT molecular complexity index is 1190. The van der Waals surface area contributed by atoms with Gasteiger partial charge in [-0.1, -0.05) is 53.6 Å². The number of halogens is 1. The zero-order chi connectivity index (χ0) is 22.4. The molecule has 3 rings (SSSR count). The number of aryl methyl sites for hydroxylation is 1. The predicted molar refractivity (Wildman–Crippen MR) is 122 cm³/mol. The van der Waals surface area contributed by atoms with Crippen LogP contribution in [0.4, 0.5) is 5.69 Å². The van der Waals surface area contributed by atoms with E-state index in [0.717, 1.165) is 5.56 Å². The van der Waals surface area contributed by atoms with Gasteiger partial charge in [0.2, 0.25) is 5.91 Å². The van der Waals surface area contributed by atoms with Crippen molar-refractivity contribution in [2.75, 3.05) is 11.1 Å². The number of carbonyl (C=O) groups excluding carboxylic acids is 2. The Morgan fingerprint density at radius 3 is 2.29 bits per heavy atom. The molecule has 0 saturated heterocycles. The summed E-state index contributed by atoms with van der Waals surface area (Å²) in [5.74, 6) is -0.701. The average Bonchev–Trinajstić information content (AvgIpc) is 2.75. The first-order valence-corrected chi connectivity index (χ1v) is 11.8. The average molecular weight is 456 g/mol. The zero-order valence-electron chi connectivity index (χ0n) is 17.0. The molecule has 0 heterocycles. The molecule has 0 aliphatic heterocycles. The van der Waals surface area contributed by atoms with Crippen LogP contribution in [0.3, 0.4) is 0 Å². The number of amides is 1. The third kappa shape index (κ3) is 6.03. The minimum Gasteiger partial charge on any atom is -0.325 e. The van der Waals surface area contributed by atoms with Crippen molar-refractivity contribution in [3.8, 4) is 0 Å². The molecular formula is C24H22ClNO4S. The zero-order valence-corrected chi connectivity index (χ0v) is 18.5. The number of rotatable bonds is 8. The molecule has 0 spiro atoms. The fraction of sp³-hybridized carbons (Fsp3) is 0.167. The number of anilines is 1. The fourth-order valence-electron chi connectivity index (χ4n) is 3.10. The lowest BCUT2D eigenvalue weighted by Crippen LogP contribution is -2.16. The van der Waals surface area contributed by atoms with Crippen molar-refractivity contribution in [2.24, 2.45) is 0 Å². The van der Waals surface area contributed by atoms with Crippen molar-refractivity contribution in [2.45, 2.75) is 24.7 Å². The van der Waals surface area contributed by atoms with Gasteiger partial charge < -0.3 is 5.32 Å². The first-order chi connectivity index (χ1) is 14.8. The van der Waals surface area contributed by atoms with Gasteiger partial charge in [0.1, 0.15) is 0 Å². The van der Waals surface area contributed by atoms with Gasteiger partial charge in [-0.05, 0) is 49.7 Å². The van der Waals surface area contributed by atoms with E-state index in [-0.39, 0.29) is 35.2 Å². The molecule has 31 heavy (non-hydrogen) atoms. The highest BCUT2D eigenvalue weighted by molar-refractivity contribution is 7.91. The Morgan fingerprint density at radius 2 is 1.61 bits per heavy atom. The number of nitrogens with one attached hydrogen (secondary N) is 1. The molecule has 1 N–H and O–H groups in total. The summed E-state index contributed by atoms with van der Waals surface area (Å²) in [4.78, 5) is 25.5. The van der Waals surface area contributed by atoms with Crippen molar-refractivity contribution < 1.29 is 18.0 Å². The van der Waals surface area contributed by atoms with E-state index in [1.54, 1.807) is 36.4 Å². The van der Waals surface area contributed by atoms with Crippen LogP contribution in [0.25, 0.3) is 0 Å². The molecule has 3 aromatic rings. The van der Waals surface area contributed by atoms with E-state index >= 15 is 0 Å². The molecule has 0 atom stereocenters. The third-order valence-electron chi connectivity index (χ3n) is 4.72. The smallest absolute Gasteiger partial charge is 0.224 e. The van der Waals surface area contributed by atoms with E-state index in [2.05, 4.69) is 5.32 Å². The molecule has 0 bridgehead atoms. The van der Waals surface area contributed by atoms with Gasteiger partial charge in [0.05, 0.1) is 16.3 Å². The van der Waals surface area contributed by atoms with E-state index in [1.807, 2.05) is 19.1 Å². The highest BCUT2D eigenvalue weighted by atomic mass is 35.5. The van der Waals surface area contributed by atoms with Crippen LogP contribution in [0.15, 0.2) is 77.7 Å². The predicted octanol–water partition coefficient (Wildman–Crippen LogP) is 5.07. The normalized spacial score (nSPS) is 11.2. The highest BCUT2D eigenvalue weighted by Crippen LogP contribution is 2.22. The maximum atomic E-state index is 12.9. The second kappa shape index (κ2) is 9.90. The number of hydrogen-bond donors (Lipinski definition) is 1. The van der Waals surface area contributed by atoms with Crippen LogP contribution in [0.1, 0.15) is 34.3 Å². The van der Waals surface area contributed by atoms with Gasteiger partial charge in [0.15, 0.2) is 15.6 Å². The van der Waals surface area contributed by atoms with Gasteiger partial charge in [-0.15, -0.1) is 0 Å². The van der Waals surface area contributed by atoms with Gasteiger partial charge in [-0.2, -0.15) is 0 Å². The summed E-state index contributed by atoms with van der Waals surface area (Å²) in [5, 5.41) is 3.21. The monoisotopic (exact) mass is 455 g/mol. The Balaban J connectivity index is 1.66. The van der Waals surface area contributed by atoms with Crippen molar-refractivity contribution in [3.05, 3.63) is 94.5 Å². The summed E-state index contributed by atoms with van der Waals surface area (Å²) in [5.41, 5.74) is 2.22. The molecule has 0 fully saturated rings. The molecular weight excluding hydrogens is 434 g/mol. The van der Waals surface area contributed by atoms with Gasteiger partial charge in [0, 0.05) is 22.6 Å². The Hall–Kier alpha value is -2.96. The van der Waals surface area contributed by atoms with Gasteiger partial charge >= 0.3 is 0 Å². The van der Waals surface area contributed by atoms with Crippen molar-refractivity contribution >= 4 is 38.8 Å². The van der Waals surface area contributed by atoms with Crippen LogP contribution in [0.2, 0.25) is 5.02 Å². The molecule has 0 radical (unpaired) electrons. The summed E-state index contributed by atoms with van der Waals surface area (Å²) in [6.45, 7) is 1.87. The van der Waals surface area contributed by atoms with Crippen LogP contribution in [-0.4, -0.2) is 25.9 Å². The summed E-state index contributed by atoms with van der Waals surface area (Å²) < 4.78 is 24.8. The summed E-state index contributed by atoms with van der Waals surface area (Å²) >= 11 is 5.80. The Labute approximate surface area is 187 Å². The molecule has 5 nitrogen and oxygen atoms in total. The van der Waals surface area contributed by atoms with E-state index in [4.69, 9.17) is 11.6 Å². The highest BCUT2D eigenvalue weighted by Gasteiger charge is 2.17. The number of hydrogen-bond acceptors (Lipinski definition) is 4. The maximum absolute atomic E-state index is 12.9. The van der Waals surface area contributed by atoms with Crippen LogP contribution in [0.5, 0.6) is 0 Å². The quantitative estimate of drug-likeness (QED) is 0.481. The van der Waals surface area contributed by atoms with Crippen molar-refractivity contribution in [1.82, 2.24) is 0 Å². The lowest BCUT2D eigenvalue weighted by molar-refractivity contribution is -0.116. The van der Waals surface area contributed by atoms with Crippen molar-refractivity contribution in [3.63, 3.8) is 0 Å². The number of sulfone groups is 1. The number of ketones is 1. The fourth-order valence-corrected chi connectivity index (χ4v) is 4.53. The second-order valence-electron chi connectivity index (χ2n) is 7.17. The Morgan fingerprint density at radius 1 is 0.935 bits per heavy atom. The number of benzene rings is 3. The molecule has 0 saturated carbocycles. The standard InChI is InChI=1S/C24H22ClNO4S/c1-17-9-14-22(21(16-17)24(28)18-6-3-2-4-7-18)26-23(27)8-5-15-31(29,30)20-12-10-19(25)11-13-20/h2-4,6-7,9-14,16H,5,8,15H2,1H3,(H,26,27). The topological polar surface area (TPSA) is 80.3 Å². The van der Waals surface area contributed by atoms with Crippen LogP contribution >= 0.6 is 11.6 Å². The van der Waals surface area contributed by atoms with E-state index in [9.17, 15) is 18.0 Å². The largest absolute Gasteiger partial charge is 0.325 e. The Kier molecular flexibility index (Phi) is 7.25. The molecule has 7 heteroatoms. The minimum absolute atomic E-state index is 0.0136. The molecule has 3 aromatic carbocycles. The molecule has 0 aromatic heterocycles. The first-order valence-electron chi connectivity index (χ1n) is 9.75. The van der Waals surface area contributed by atoms with Crippen LogP contribution in [0, 0.1) is 6.92 Å². The van der Waals surface area contributed by atoms with E-state index < -0.39 is 9.84 Å². The third-order valence-corrected chi connectivity index (χ3v) is 6.79. The molecule has 1 amide bonds. The van der Waals surface area contributed by atoms with Crippen molar-refractivity contribution in [1.29, 1.82) is 0 Å². The molecule has 0 aliphatic rings. The van der Waals surface area contributed by atoms with Gasteiger partial charge in [-0.3, -0.25) is 9.59 Å². The maximum Gasteiger partial charge on any atom is 0.224 e. The summed E-state index contributed by atoms with van der Waals surface area (Å²) in [6, 6.07) is 20.0. The molecule has 0 aliphatic carbocycles. The first kappa shape index (κ1) is 22.7. The summed E-state index contributed by atoms with van der Waals surface area (Å²) in [6.07, 6.45) is 0.171. The molecule has 160 valence electrons. The number of carbonyl (C=O) groups is 2. The SMILES string of the molecule is Cc1ccc(NC(=O)CCCS(=O)(=O)c2ccc(Cl)cc2)c(C(=O)c2ccccc2)c1. The van der Waals surface area contributed by atoms with E-state index in [0.29, 0.717) is 21.8 Å². The lowest BCUT2D eigenvalue weighted by atomic mass is 9.99. The van der Waals surface area contributed by atoms with E-state index in [1.165, 1.54) is 24.3 Å². The second-order valence-corrected chi connectivity index (χ2v) is 9.71.